The molecule has 0 saturated carbocycles. The maximum atomic E-state index is 11.2. The lowest BCUT2D eigenvalue weighted by molar-refractivity contribution is -0.122. The van der Waals surface area contributed by atoms with Crippen LogP contribution >= 0.6 is 0 Å². The fraction of sp³-hybridized carbons (Fsp3) is 0.857. The zero-order valence-electron chi connectivity index (χ0n) is 12.8. The minimum Gasteiger partial charge on any atom is -0.376 e. The number of rotatable bonds is 10. The van der Waals surface area contributed by atoms with E-state index in [1.807, 2.05) is 13.8 Å². The van der Waals surface area contributed by atoms with Gasteiger partial charge in [-0.1, -0.05) is 13.8 Å². The molecule has 0 aromatic carbocycles. The molecule has 2 N–H and O–H groups in total. The Balaban J connectivity index is 3.96. The van der Waals surface area contributed by atoms with Crippen molar-refractivity contribution >= 4 is 12.3 Å². The maximum Gasteiger partial charge on any atom is 0.219 e. The van der Waals surface area contributed by atoms with Crippen LogP contribution in [0.5, 0.6) is 0 Å². The Bertz CT molecular complexity index is 288. The van der Waals surface area contributed by atoms with Crippen molar-refractivity contribution < 1.29 is 14.3 Å². The van der Waals surface area contributed by atoms with E-state index >= 15 is 0 Å². The van der Waals surface area contributed by atoms with E-state index in [9.17, 15) is 9.59 Å². The van der Waals surface area contributed by atoms with Crippen LogP contribution in [-0.2, 0) is 14.3 Å². The van der Waals surface area contributed by atoms with Gasteiger partial charge in [-0.25, -0.2) is 0 Å². The molecule has 19 heavy (non-hydrogen) atoms. The molecule has 5 heteroatoms. The van der Waals surface area contributed by atoms with Crippen LogP contribution < -0.4 is 10.6 Å². The highest BCUT2D eigenvalue weighted by Crippen LogP contribution is 2.22. The van der Waals surface area contributed by atoms with Gasteiger partial charge in [0.2, 0.25) is 12.3 Å². The van der Waals surface area contributed by atoms with Gasteiger partial charge in [-0.15, -0.1) is 0 Å². The number of carbonyl (C=O) groups is 2. The summed E-state index contributed by atoms with van der Waals surface area (Å²) in [6.07, 6.45) is 2.74. The number of nitrogens with one attached hydrogen (secondary N) is 2. The van der Waals surface area contributed by atoms with E-state index in [4.69, 9.17) is 4.74 Å². The molecule has 0 spiro atoms. The second kappa shape index (κ2) is 8.15. The Labute approximate surface area is 116 Å². The molecule has 0 atom stereocenters. The van der Waals surface area contributed by atoms with Crippen molar-refractivity contribution in [3.05, 3.63) is 0 Å². The fourth-order valence-corrected chi connectivity index (χ4v) is 1.62. The highest BCUT2D eigenvalue weighted by molar-refractivity contribution is 5.75. The molecule has 0 saturated heterocycles. The van der Waals surface area contributed by atoms with E-state index < -0.39 is 0 Å². The van der Waals surface area contributed by atoms with E-state index in [1.165, 1.54) is 0 Å². The first kappa shape index (κ1) is 17.9. The number of hydrogen-bond acceptors (Lipinski definition) is 3. The molecule has 0 heterocycles. The second-order valence-electron chi connectivity index (χ2n) is 6.19. The third-order valence-corrected chi connectivity index (χ3v) is 3.17. The van der Waals surface area contributed by atoms with Crippen molar-refractivity contribution in [1.82, 2.24) is 10.6 Å². The first-order valence-corrected chi connectivity index (χ1v) is 6.74. The van der Waals surface area contributed by atoms with Gasteiger partial charge in [-0.05, 0) is 32.1 Å². The van der Waals surface area contributed by atoms with Gasteiger partial charge >= 0.3 is 0 Å². The van der Waals surface area contributed by atoms with E-state index in [2.05, 4.69) is 24.5 Å². The van der Waals surface area contributed by atoms with Gasteiger partial charge < -0.3 is 15.4 Å². The topological polar surface area (TPSA) is 67.4 Å². The molecule has 5 nitrogen and oxygen atoms in total. The SMILES string of the molecule is CNC(=O)CCC(C)(C)OCCC(C)(C)CNC=O. The first-order chi connectivity index (χ1) is 8.72. The smallest absolute Gasteiger partial charge is 0.219 e. The van der Waals surface area contributed by atoms with Crippen LogP contribution in [0.3, 0.4) is 0 Å². The minimum absolute atomic E-state index is 0.0117. The van der Waals surface area contributed by atoms with E-state index in [1.54, 1.807) is 7.05 Å². The minimum atomic E-state index is -0.305. The molecule has 0 aliphatic carbocycles. The monoisotopic (exact) mass is 272 g/mol. The molecule has 0 rings (SSSR count). The highest BCUT2D eigenvalue weighted by atomic mass is 16.5. The van der Waals surface area contributed by atoms with Gasteiger partial charge in [0.1, 0.15) is 0 Å². The van der Waals surface area contributed by atoms with Gasteiger partial charge in [0.15, 0.2) is 0 Å². The van der Waals surface area contributed by atoms with Crippen LogP contribution in [-0.4, -0.2) is 38.1 Å². The zero-order chi connectivity index (χ0) is 14.9. The molecular formula is C14H28N2O3. The Morgan fingerprint density at radius 1 is 1.21 bits per heavy atom. The summed E-state index contributed by atoms with van der Waals surface area (Å²) in [5.41, 5.74) is -0.293. The van der Waals surface area contributed by atoms with Crippen LogP contribution in [0.15, 0.2) is 0 Å². The highest BCUT2D eigenvalue weighted by Gasteiger charge is 2.22. The maximum absolute atomic E-state index is 11.2. The van der Waals surface area contributed by atoms with Gasteiger partial charge in [0, 0.05) is 26.6 Å². The van der Waals surface area contributed by atoms with E-state index in [-0.39, 0.29) is 16.9 Å². The van der Waals surface area contributed by atoms with Crippen molar-refractivity contribution in [2.24, 2.45) is 5.41 Å². The summed E-state index contributed by atoms with van der Waals surface area (Å²) < 4.78 is 5.84. The molecule has 0 radical (unpaired) electrons. The molecule has 0 aliphatic rings. The Hall–Kier alpha value is -1.10. The summed E-state index contributed by atoms with van der Waals surface area (Å²) in [5, 5.41) is 5.30. The van der Waals surface area contributed by atoms with Crippen LogP contribution in [0.2, 0.25) is 0 Å². The molecular weight excluding hydrogens is 244 g/mol. The van der Waals surface area contributed by atoms with Crippen LogP contribution in [0.4, 0.5) is 0 Å². The third kappa shape index (κ3) is 9.47. The van der Waals surface area contributed by atoms with E-state index in [0.29, 0.717) is 26.0 Å². The second-order valence-corrected chi connectivity index (χ2v) is 6.19. The van der Waals surface area contributed by atoms with Crippen molar-refractivity contribution in [2.75, 3.05) is 20.2 Å². The summed E-state index contributed by atoms with van der Waals surface area (Å²) in [7, 11) is 1.64. The molecule has 0 aromatic rings. The Morgan fingerprint density at radius 3 is 2.37 bits per heavy atom. The summed E-state index contributed by atoms with van der Waals surface area (Å²) >= 11 is 0. The van der Waals surface area contributed by atoms with Crippen LogP contribution in [0.25, 0.3) is 0 Å². The fourth-order valence-electron chi connectivity index (χ4n) is 1.62. The number of ether oxygens (including phenoxy) is 1. The molecule has 0 aromatic heterocycles. The molecule has 2 amide bonds. The molecule has 0 bridgehead atoms. The van der Waals surface area contributed by atoms with Crippen LogP contribution in [0, 0.1) is 5.41 Å². The quantitative estimate of drug-likeness (QED) is 0.592. The predicted octanol–water partition coefficient (Wildman–Crippen LogP) is 1.47. The standard InChI is InChI=1S/C14H28N2O3/c1-13(2,10-16-11-17)8-9-19-14(3,4)7-6-12(18)15-5/h11H,6-10H2,1-5H3,(H,15,18)(H,16,17). The average Bonchev–Trinajstić information content (AvgIpc) is 2.33. The summed E-state index contributed by atoms with van der Waals surface area (Å²) in [6, 6.07) is 0. The lowest BCUT2D eigenvalue weighted by atomic mass is 9.89. The number of amides is 2. The third-order valence-electron chi connectivity index (χ3n) is 3.17. The van der Waals surface area contributed by atoms with Crippen molar-refractivity contribution in [1.29, 1.82) is 0 Å². The van der Waals surface area contributed by atoms with Gasteiger partial charge in [0.25, 0.3) is 0 Å². The Morgan fingerprint density at radius 2 is 1.84 bits per heavy atom. The van der Waals surface area contributed by atoms with Crippen molar-refractivity contribution in [2.45, 2.75) is 52.6 Å². The average molecular weight is 272 g/mol. The van der Waals surface area contributed by atoms with Crippen molar-refractivity contribution in [3.63, 3.8) is 0 Å². The summed E-state index contributed by atoms with van der Waals surface area (Å²) in [5.74, 6) is 0.0344. The summed E-state index contributed by atoms with van der Waals surface area (Å²) in [4.78, 5) is 21.5. The van der Waals surface area contributed by atoms with E-state index in [0.717, 1.165) is 12.8 Å². The number of carbonyl (C=O) groups excluding carboxylic acids is 2. The first-order valence-electron chi connectivity index (χ1n) is 6.74. The van der Waals surface area contributed by atoms with Gasteiger partial charge in [-0.3, -0.25) is 9.59 Å². The predicted molar refractivity (Wildman–Crippen MR) is 75.8 cm³/mol. The zero-order valence-corrected chi connectivity index (χ0v) is 12.8. The largest absolute Gasteiger partial charge is 0.376 e. The summed E-state index contributed by atoms with van der Waals surface area (Å²) in [6.45, 7) is 9.42. The van der Waals surface area contributed by atoms with Gasteiger partial charge in [-0.2, -0.15) is 0 Å². The lowest BCUT2D eigenvalue weighted by Gasteiger charge is -2.29. The van der Waals surface area contributed by atoms with Crippen LogP contribution in [0.1, 0.15) is 47.0 Å². The Kier molecular flexibility index (Phi) is 7.68. The van der Waals surface area contributed by atoms with Gasteiger partial charge in [0.05, 0.1) is 5.60 Å². The number of hydrogen-bond donors (Lipinski definition) is 2. The lowest BCUT2D eigenvalue weighted by Crippen LogP contribution is -2.32. The molecule has 0 fully saturated rings. The van der Waals surface area contributed by atoms with Crippen molar-refractivity contribution in [3.8, 4) is 0 Å². The normalized spacial score (nSPS) is 12.1. The molecule has 112 valence electrons. The molecule has 0 unspecified atom stereocenters. The molecule has 0 aliphatic heterocycles.